The Hall–Kier alpha value is -2.58. The fourth-order valence-electron chi connectivity index (χ4n) is 3.29. The van der Waals surface area contributed by atoms with Crippen molar-refractivity contribution in [2.24, 2.45) is 0 Å². The highest BCUT2D eigenvalue weighted by Gasteiger charge is 2.24. The molecule has 1 N–H and O–H groups in total. The number of carbonyl (C=O) groups is 1. The normalized spacial score (nSPS) is 15.2. The molecule has 30 heavy (non-hydrogen) atoms. The van der Waals surface area contributed by atoms with Gasteiger partial charge in [-0.05, 0) is 68.3 Å². The fourth-order valence-corrected chi connectivity index (χ4v) is 4.80. The number of carbonyl (C=O) groups excluding carboxylic acids is 1. The molecule has 0 saturated carbocycles. The predicted octanol–water partition coefficient (Wildman–Crippen LogP) is 3.67. The summed E-state index contributed by atoms with van der Waals surface area (Å²) in [6.45, 7) is 3.46. The van der Waals surface area contributed by atoms with Crippen molar-refractivity contribution in [1.29, 1.82) is 0 Å². The van der Waals surface area contributed by atoms with Crippen LogP contribution in [0.25, 0.3) is 0 Å². The Bertz CT molecular complexity index is 919. The molecular weight excluding hydrogens is 404 g/mol. The van der Waals surface area contributed by atoms with Crippen LogP contribution in [0, 0.1) is 0 Å². The molecule has 0 aromatic heterocycles. The van der Waals surface area contributed by atoms with Crippen LogP contribution in [-0.4, -0.2) is 44.9 Å². The Balaban J connectivity index is 1.53. The molecule has 2 aromatic rings. The molecule has 0 bridgehead atoms. The van der Waals surface area contributed by atoms with Gasteiger partial charge < -0.3 is 14.8 Å². The molecule has 2 aromatic carbocycles. The first kappa shape index (κ1) is 22.1. The number of sulfonamides is 1. The largest absolute Gasteiger partial charge is 0.494 e. The van der Waals surface area contributed by atoms with Gasteiger partial charge >= 0.3 is 0 Å². The zero-order chi connectivity index (χ0) is 21.4. The van der Waals surface area contributed by atoms with Gasteiger partial charge in [0.15, 0.2) is 6.61 Å². The molecule has 0 radical (unpaired) electrons. The first-order valence-electron chi connectivity index (χ1n) is 10.2. The van der Waals surface area contributed by atoms with E-state index in [0.717, 1.165) is 31.4 Å². The first-order valence-corrected chi connectivity index (χ1v) is 11.7. The molecule has 0 unspecified atom stereocenters. The molecule has 8 heteroatoms. The Labute approximate surface area is 178 Å². The lowest BCUT2D eigenvalue weighted by atomic mass is 10.2. The third-order valence-corrected chi connectivity index (χ3v) is 6.76. The smallest absolute Gasteiger partial charge is 0.262 e. The average Bonchev–Trinajstić information content (AvgIpc) is 3.04. The molecule has 162 valence electrons. The molecule has 1 heterocycles. The van der Waals surface area contributed by atoms with Crippen molar-refractivity contribution in [3.8, 4) is 11.5 Å². The number of hydrogen-bond acceptors (Lipinski definition) is 5. The average molecular weight is 433 g/mol. The van der Waals surface area contributed by atoms with Gasteiger partial charge in [0.25, 0.3) is 5.91 Å². The zero-order valence-electron chi connectivity index (χ0n) is 17.2. The molecule has 3 rings (SSSR count). The number of rotatable bonds is 8. The van der Waals surface area contributed by atoms with Gasteiger partial charge in [-0.3, -0.25) is 4.79 Å². The van der Waals surface area contributed by atoms with Gasteiger partial charge in [0.1, 0.15) is 11.5 Å². The highest BCUT2D eigenvalue weighted by atomic mass is 32.2. The van der Waals surface area contributed by atoms with E-state index in [4.69, 9.17) is 9.47 Å². The van der Waals surface area contributed by atoms with Crippen molar-refractivity contribution in [1.82, 2.24) is 4.31 Å². The molecular formula is C22H28N2O5S. The van der Waals surface area contributed by atoms with Crippen LogP contribution >= 0.6 is 0 Å². The number of nitrogens with zero attached hydrogens (tertiary/aromatic N) is 1. The molecule has 7 nitrogen and oxygen atoms in total. The second-order valence-corrected chi connectivity index (χ2v) is 9.02. The van der Waals surface area contributed by atoms with E-state index in [9.17, 15) is 13.2 Å². The van der Waals surface area contributed by atoms with Crippen molar-refractivity contribution in [2.45, 2.75) is 37.5 Å². The molecule has 1 aliphatic heterocycles. The van der Waals surface area contributed by atoms with Crippen molar-refractivity contribution < 1.29 is 22.7 Å². The van der Waals surface area contributed by atoms with Crippen molar-refractivity contribution >= 4 is 21.6 Å². The minimum Gasteiger partial charge on any atom is -0.494 e. The van der Waals surface area contributed by atoms with Gasteiger partial charge in [-0.2, -0.15) is 4.31 Å². The number of hydrogen-bond donors (Lipinski definition) is 1. The quantitative estimate of drug-likeness (QED) is 0.688. The lowest BCUT2D eigenvalue weighted by Crippen LogP contribution is -2.31. The summed E-state index contributed by atoms with van der Waals surface area (Å²) in [5.74, 6) is 0.976. The van der Waals surface area contributed by atoms with Crippen LogP contribution in [0.2, 0.25) is 0 Å². The summed E-state index contributed by atoms with van der Waals surface area (Å²) in [5.41, 5.74) is 0.519. The predicted molar refractivity (Wildman–Crippen MR) is 115 cm³/mol. The van der Waals surface area contributed by atoms with Crippen molar-refractivity contribution in [3.63, 3.8) is 0 Å². The SMILES string of the molecule is CCOc1ccc(OCC(=O)Nc2ccc(S(=O)(=O)N3CCCCCC3)cc2)cc1. The maximum Gasteiger partial charge on any atom is 0.262 e. The van der Waals surface area contributed by atoms with Gasteiger partial charge in [-0.15, -0.1) is 0 Å². The lowest BCUT2D eigenvalue weighted by Gasteiger charge is -2.20. The van der Waals surface area contributed by atoms with E-state index in [1.54, 1.807) is 40.7 Å². The van der Waals surface area contributed by atoms with Crippen LogP contribution in [0.4, 0.5) is 5.69 Å². The highest BCUT2D eigenvalue weighted by Crippen LogP contribution is 2.22. The molecule has 1 saturated heterocycles. The summed E-state index contributed by atoms with van der Waals surface area (Å²) < 4.78 is 38.0. The van der Waals surface area contributed by atoms with E-state index < -0.39 is 10.0 Å². The maximum absolute atomic E-state index is 12.8. The summed E-state index contributed by atoms with van der Waals surface area (Å²) >= 11 is 0. The van der Waals surface area contributed by atoms with Crippen molar-refractivity contribution in [3.05, 3.63) is 48.5 Å². The van der Waals surface area contributed by atoms with Crippen LogP contribution in [0.15, 0.2) is 53.4 Å². The van der Waals surface area contributed by atoms with Gasteiger partial charge in [0, 0.05) is 18.8 Å². The summed E-state index contributed by atoms with van der Waals surface area (Å²) in [6.07, 6.45) is 3.91. The van der Waals surface area contributed by atoms with E-state index in [2.05, 4.69) is 5.32 Å². The second-order valence-electron chi connectivity index (χ2n) is 7.08. The van der Waals surface area contributed by atoms with Crippen LogP contribution in [0.3, 0.4) is 0 Å². The number of amides is 1. The minimum absolute atomic E-state index is 0.151. The Morgan fingerprint density at radius 1 is 0.900 bits per heavy atom. The molecule has 1 fully saturated rings. The Kier molecular flexibility index (Phi) is 7.70. The molecule has 0 atom stereocenters. The standard InChI is InChI=1S/C22H28N2O5S/c1-2-28-19-9-11-20(12-10-19)29-17-22(25)23-18-7-13-21(14-8-18)30(26,27)24-15-5-3-4-6-16-24/h7-14H,2-6,15-17H2,1H3,(H,23,25). The van der Waals surface area contributed by atoms with Gasteiger partial charge in [0.05, 0.1) is 11.5 Å². The number of ether oxygens (including phenoxy) is 2. The topological polar surface area (TPSA) is 84.9 Å². The van der Waals surface area contributed by atoms with Crippen LogP contribution in [-0.2, 0) is 14.8 Å². The van der Waals surface area contributed by atoms with Crippen LogP contribution in [0.1, 0.15) is 32.6 Å². The van der Waals surface area contributed by atoms with Gasteiger partial charge in [0.2, 0.25) is 10.0 Å². The summed E-state index contributed by atoms with van der Waals surface area (Å²) in [7, 11) is -3.50. The van der Waals surface area contributed by atoms with Gasteiger partial charge in [-0.25, -0.2) is 8.42 Å². The Morgan fingerprint density at radius 2 is 1.47 bits per heavy atom. The third-order valence-electron chi connectivity index (χ3n) is 4.85. The van der Waals surface area contributed by atoms with Crippen LogP contribution < -0.4 is 14.8 Å². The molecule has 1 amide bonds. The number of anilines is 1. The third kappa shape index (κ3) is 5.96. The van der Waals surface area contributed by atoms with E-state index in [0.29, 0.717) is 31.1 Å². The number of nitrogens with one attached hydrogen (secondary N) is 1. The Morgan fingerprint density at radius 3 is 2.03 bits per heavy atom. The minimum atomic E-state index is -3.50. The van der Waals surface area contributed by atoms with Gasteiger partial charge in [-0.1, -0.05) is 12.8 Å². The van der Waals surface area contributed by atoms with Crippen LogP contribution in [0.5, 0.6) is 11.5 Å². The van der Waals surface area contributed by atoms with E-state index in [-0.39, 0.29) is 17.4 Å². The first-order chi connectivity index (χ1) is 14.5. The lowest BCUT2D eigenvalue weighted by molar-refractivity contribution is -0.118. The molecule has 1 aliphatic rings. The molecule has 0 aliphatic carbocycles. The van der Waals surface area contributed by atoms with Crippen molar-refractivity contribution in [2.75, 3.05) is 31.6 Å². The van der Waals surface area contributed by atoms with E-state index in [1.807, 2.05) is 6.92 Å². The highest BCUT2D eigenvalue weighted by molar-refractivity contribution is 7.89. The number of benzene rings is 2. The second kappa shape index (κ2) is 10.4. The van der Waals surface area contributed by atoms with E-state index >= 15 is 0 Å². The fraction of sp³-hybridized carbons (Fsp3) is 0.409. The molecule has 0 spiro atoms. The summed E-state index contributed by atoms with van der Waals surface area (Å²) in [6, 6.07) is 13.3. The summed E-state index contributed by atoms with van der Waals surface area (Å²) in [5, 5.41) is 2.72. The van der Waals surface area contributed by atoms with E-state index in [1.165, 1.54) is 12.1 Å². The monoisotopic (exact) mass is 432 g/mol. The zero-order valence-corrected chi connectivity index (χ0v) is 18.0. The maximum atomic E-state index is 12.8. The summed E-state index contributed by atoms with van der Waals surface area (Å²) in [4.78, 5) is 12.4.